The third-order valence-electron chi connectivity index (χ3n) is 4.25. The standard InChI is InChI=1S/C16H22ClN3/c1-2-20-16-6-4-3-5-14(16)15(19-20)11-18-13-9-7-12(17)8-10-13/h3-6,12-13,18H,2,7-11H2,1H3. The molecule has 0 atom stereocenters. The molecule has 1 aliphatic rings. The number of para-hydroxylation sites is 1. The lowest BCUT2D eigenvalue weighted by Crippen LogP contribution is -2.33. The topological polar surface area (TPSA) is 29.9 Å². The number of aryl methyl sites for hydroxylation is 1. The van der Waals surface area contributed by atoms with E-state index < -0.39 is 0 Å². The van der Waals surface area contributed by atoms with Gasteiger partial charge in [-0.3, -0.25) is 4.68 Å². The van der Waals surface area contributed by atoms with Crippen LogP contribution in [0.25, 0.3) is 10.9 Å². The van der Waals surface area contributed by atoms with Crippen molar-refractivity contribution in [2.24, 2.45) is 0 Å². The van der Waals surface area contributed by atoms with Crippen LogP contribution in [0.2, 0.25) is 0 Å². The van der Waals surface area contributed by atoms with Gasteiger partial charge in [-0.2, -0.15) is 5.10 Å². The molecule has 20 heavy (non-hydrogen) atoms. The van der Waals surface area contributed by atoms with E-state index in [4.69, 9.17) is 16.7 Å². The molecule has 3 rings (SSSR count). The number of alkyl halides is 1. The van der Waals surface area contributed by atoms with E-state index in [2.05, 4.69) is 41.2 Å². The first-order chi connectivity index (χ1) is 9.78. The van der Waals surface area contributed by atoms with Crippen molar-refractivity contribution >= 4 is 22.5 Å². The van der Waals surface area contributed by atoms with Crippen molar-refractivity contribution in [3.63, 3.8) is 0 Å². The summed E-state index contributed by atoms with van der Waals surface area (Å²) in [5.74, 6) is 0. The fraction of sp³-hybridized carbons (Fsp3) is 0.562. The summed E-state index contributed by atoms with van der Waals surface area (Å²) >= 11 is 6.16. The maximum Gasteiger partial charge on any atom is 0.0841 e. The summed E-state index contributed by atoms with van der Waals surface area (Å²) in [6.45, 7) is 3.90. The third kappa shape index (κ3) is 2.84. The molecule has 3 nitrogen and oxygen atoms in total. The van der Waals surface area contributed by atoms with Crippen molar-refractivity contribution in [2.45, 2.75) is 57.1 Å². The van der Waals surface area contributed by atoms with Crippen LogP contribution in [0.1, 0.15) is 38.3 Å². The highest BCUT2D eigenvalue weighted by Gasteiger charge is 2.19. The van der Waals surface area contributed by atoms with Crippen LogP contribution in [0.5, 0.6) is 0 Å². The zero-order chi connectivity index (χ0) is 13.9. The number of hydrogen-bond acceptors (Lipinski definition) is 2. The van der Waals surface area contributed by atoms with E-state index in [9.17, 15) is 0 Å². The van der Waals surface area contributed by atoms with Gasteiger partial charge in [0, 0.05) is 29.9 Å². The number of aromatic nitrogens is 2. The number of benzene rings is 1. The number of nitrogens with zero attached hydrogens (tertiary/aromatic N) is 2. The van der Waals surface area contributed by atoms with Crippen molar-refractivity contribution < 1.29 is 0 Å². The van der Waals surface area contributed by atoms with Gasteiger partial charge in [0.25, 0.3) is 0 Å². The molecule has 1 aliphatic carbocycles. The average molecular weight is 292 g/mol. The van der Waals surface area contributed by atoms with E-state index in [0.717, 1.165) is 31.6 Å². The fourth-order valence-electron chi connectivity index (χ4n) is 3.07. The van der Waals surface area contributed by atoms with E-state index in [1.165, 1.54) is 23.7 Å². The smallest absolute Gasteiger partial charge is 0.0841 e. The zero-order valence-corrected chi connectivity index (χ0v) is 12.7. The van der Waals surface area contributed by atoms with Crippen LogP contribution in [-0.2, 0) is 13.1 Å². The van der Waals surface area contributed by atoms with Gasteiger partial charge in [-0.25, -0.2) is 0 Å². The Bertz CT molecular complexity index is 570. The van der Waals surface area contributed by atoms with Crippen LogP contribution in [0.4, 0.5) is 0 Å². The molecule has 0 bridgehead atoms. The Balaban J connectivity index is 1.71. The van der Waals surface area contributed by atoms with E-state index >= 15 is 0 Å². The first-order valence-corrected chi connectivity index (χ1v) is 8.03. The molecule has 0 amide bonds. The Morgan fingerprint density at radius 2 is 2.00 bits per heavy atom. The molecule has 0 spiro atoms. The van der Waals surface area contributed by atoms with Gasteiger partial charge in [0.15, 0.2) is 0 Å². The van der Waals surface area contributed by atoms with Gasteiger partial charge in [0.05, 0.1) is 11.2 Å². The fourth-order valence-corrected chi connectivity index (χ4v) is 3.32. The van der Waals surface area contributed by atoms with Crippen molar-refractivity contribution in [1.82, 2.24) is 15.1 Å². The number of halogens is 1. The lowest BCUT2D eigenvalue weighted by Gasteiger charge is -2.25. The molecule has 0 saturated heterocycles. The van der Waals surface area contributed by atoms with Gasteiger partial charge < -0.3 is 5.32 Å². The maximum absolute atomic E-state index is 6.16. The second-order valence-corrected chi connectivity index (χ2v) is 6.23. The predicted octanol–water partition coefficient (Wildman–Crippen LogP) is 3.70. The molecule has 1 fully saturated rings. The first-order valence-electron chi connectivity index (χ1n) is 7.59. The van der Waals surface area contributed by atoms with Gasteiger partial charge in [-0.05, 0) is 38.7 Å². The van der Waals surface area contributed by atoms with Gasteiger partial charge in [-0.1, -0.05) is 18.2 Å². The van der Waals surface area contributed by atoms with Gasteiger partial charge in [0.2, 0.25) is 0 Å². The van der Waals surface area contributed by atoms with Gasteiger partial charge >= 0.3 is 0 Å². The molecule has 2 aromatic rings. The highest BCUT2D eigenvalue weighted by molar-refractivity contribution is 6.20. The lowest BCUT2D eigenvalue weighted by atomic mass is 9.95. The minimum atomic E-state index is 0.383. The van der Waals surface area contributed by atoms with Crippen LogP contribution in [0, 0.1) is 0 Å². The molecule has 108 valence electrons. The van der Waals surface area contributed by atoms with Crippen LogP contribution in [-0.4, -0.2) is 21.2 Å². The van der Waals surface area contributed by atoms with Crippen molar-refractivity contribution in [3.8, 4) is 0 Å². The Labute approximate surface area is 125 Å². The molecule has 0 radical (unpaired) electrons. The number of fused-ring (bicyclic) bond motifs is 1. The predicted molar refractivity (Wildman–Crippen MR) is 84.1 cm³/mol. The summed E-state index contributed by atoms with van der Waals surface area (Å²) in [7, 11) is 0. The monoisotopic (exact) mass is 291 g/mol. The van der Waals surface area contributed by atoms with Gasteiger partial charge in [0.1, 0.15) is 0 Å². The second-order valence-electron chi connectivity index (χ2n) is 5.61. The molecular weight excluding hydrogens is 270 g/mol. The Hall–Kier alpha value is -1.06. The molecule has 1 aromatic heterocycles. The van der Waals surface area contributed by atoms with Crippen molar-refractivity contribution in [2.75, 3.05) is 0 Å². The molecular formula is C16H22ClN3. The molecule has 1 N–H and O–H groups in total. The van der Waals surface area contributed by atoms with Crippen LogP contribution >= 0.6 is 11.6 Å². The molecule has 0 aliphatic heterocycles. The third-order valence-corrected chi connectivity index (χ3v) is 4.69. The molecule has 1 heterocycles. The second kappa shape index (κ2) is 6.15. The molecule has 1 saturated carbocycles. The zero-order valence-electron chi connectivity index (χ0n) is 12.0. The number of nitrogens with one attached hydrogen (secondary N) is 1. The largest absolute Gasteiger partial charge is 0.308 e. The summed E-state index contributed by atoms with van der Waals surface area (Å²) in [5, 5.41) is 10.0. The van der Waals surface area contributed by atoms with Crippen LogP contribution in [0.3, 0.4) is 0 Å². The number of hydrogen-bond donors (Lipinski definition) is 1. The van der Waals surface area contributed by atoms with Crippen molar-refractivity contribution in [3.05, 3.63) is 30.0 Å². The number of rotatable bonds is 4. The summed E-state index contributed by atoms with van der Waals surface area (Å²) in [4.78, 5) is 0. The normalized spacial score (nSPS) is 23.3. The lowest BCUT2D eigenvalue weighted by molar-refractivity contribution is 0.374. The van der Waals surface area contributed by atoms with E-state index in [0.29, 0.717) is 11.4 Å². The molecule has 4 heteroatoms. The van der Waals surface area contributed by atoms with Crippen molar-refractivity contribution in [1.29, 1.82) is 0 Å². The average Bonchev–Trinajstić information content (AvgIpc) is 2.85. The molecule has 1 aromatic carbocycles. The summed E-state index contributed by atoms with van der Waals surface area (Å²) < 4.78 is 2.09. The van der Waals surface area contributed by atoms with Gasteiger partial charge in [-0.15, -0.1) is 11.6 Å². The quantitative estimate of drug-likeness (QED) is 0.871. The van der Waals surface area contributed by atoms with E-state index in [-0.39, 0.29) is 0 Å². The maximum atomic E-state index is 6.16. The minimum Gasteiger partial charge on any atom is -0.308 e. The SMILES string of the molecule is CCn1nc(CNC2CCC(Cl)CC2)c2ccccc21. The minimum absolute atomic E-state index is 0.383. The summed E-state index contributed by atoms with van der Waals surface area (Å²) in [6.07, 6.45) is 4.62. The Morgan fingerprint density at radius 3 is 2.75 bits per heavy atom. The highest BCUT2D eigenvalue weighted by atomic mass is 35.5. The molecule has 0 unspecified atom stereocenters. The van der Waals surface area contributed by atoms with E-state index in [1.54, 1.807) is 0 Å². The van der Waals surface area contributed by atoms with E-state index in [1.807, 2.05) is 0 Å². The van der Waals surface area contributed by atoms with Crippen LogP contribution in [0.15, 0.2) is 24.3 Å². The van der Waals surface area contributed by atoms with Crippen LogP contribution < -0.4 is 5.32 Å². The highest BCUT2D eigenvalue weighted by Crippen LogP contribution is 2.24. The Morgan fingerprint density at radius 1 is 1.25 bits per heavy atom. The summed E-state index contributed by atoms with van der Waals surface area (Å²) in [6, 6.07) is 9.08. The Kier molecular flexibility index (Phi) is 4.27. The summed E-state index contributed by atoms with van der Waals surface area (Å²) in [5.41, 5.74) is 2.40. The first kappa shape index (κ1) is 13.9.